The van der Waals surface area contributed by atoms with Crippen LogP contribution in [0.15, 0.2) is 30.3 Å². The van der Waals surface area contributed by atoms with Gasteiger partial charge in [-0.2, -0.15) is 0 Å². The number of amides is 2. The second-order valence-corrected chi connectivity index (χ2v) is 5.13. The maximum Gasteiger partial charge on any atom is 0.324 e. The summed E-state index contributed by atoms with van der Waals surface area (Å²) in [6.07, 6.45) is 0.677. The van der Waals surface area contributed by atoms with E-state index < -0.39 is 5.97 Å². The summed E-state index contributed by atoms with van der Waals surface area (Å²) >= 11 is 0. The van der Waals surface area contributed by atoms with Crippen molar-refractivity contribution in [3.63, 3.8) is 0 Å². The summed E-state index contributed by atoms with van der Waals surface area (Å²) in [5.74, 6) is -0.933. The Morgan fingerprint density at radius 1 is 1.19 bits per heavy atom. The molecule has 0 unspecified atom stereocenters. The highest BCUT2D eigenvalue weighted by molar-refractivity contribution is 5.92. The van der Waals surface area contributed by atoms with Gasteiger partial charge in [0.2, 0.25) is 0 Å². The molecule has 1 aliphatic rings. The first kappa shape index (κ1) is 15.3. The Hall–Kier alpha value is -2.08. The fourth-order valence-corrected chi connectivity index (χ4v) is 2.38. The minimum atomic E-state index is -0.933. The van der Waals surface area contributed by atoms with Crippen LogP contribution in [-0.2, 0) is 4.79 Å². The quantitative estimate of drug-likeness (QED) is 0.882. The summed E-state index contributed by atoms with van der Waals surface area (Å²) in [4.78, 5) is 26.5. The van der Waals surface area contributed by atoms with Crippen molar-refractivity contribution in [3.05, 3.63) is 30.3 Å². The number of para-hydroxylation sites is 1. The van der Waals surface area contributed by atoms with Gasteiger partial charge in [-0.1, -0.05) is 18.2 Å². The number of nitrogens with zero attached hydrogens (tertiary/aromatic N) is 2. The van der Waals surface area contributed by atoms with Gasteiger partial charge in [0.1, 0.15) is 0 Å². The minimum absolute atomic E-state index is 0.100. The normalized spacial score (nSPS) is 15.8. The van der Waals surface area contributed by atoms with Crippen LogP contribution >= 0.6 is 0 Å². The van der Waals surface area contributed by atoms with Crippen molar-refractivity contribution in [1.82, 2.24) is 4.90 Å². The first-order valence-corrected chi connectivity index (χ1v) is 7.09. The molecule has 2 amide bonds. The molecule has 2 N–H and O–H groups in total. The monoisotopic (exact) mass is 292 g/mol. The Morgan fingerprint density at radius 2 is 1.81 bits per heavy atom. The third kappa shape index (κ3) is 4.19. The van der Waals surface area contributed by atoms with E-state index in [1.807, 2.05) is 18.2 Å². The lowest BCUT2D eigenvalue weighted by molar-refractivity contribution is -0.136. The van der Waals surface area contributed by atoms with Gasteiger partial charge >= 0.3 is 12.0 Å². The predicted molar refractivity (Wildman–Crippen MR) is 78.3 cm³/mol. The molecule has 6 heteroatoms. The summed E-state index contributed by atoms with van der Waals surface area (Å²) in [6.45, 7) is 1.13. The smallest absolute Gasteiger partial charge is 0.324 e. The molecule has 1 aromatic rings. The molecule has 1 aliphatic heterocycles. The molecular weight excluding hydrogens is 272 g/mol. The van der Waals surface area contributed by atoms with E-state index in [-0.39, 0.29) is 25.1 Å². The molecule has 0 bridgehead atoms. The molecule has 0 aromatic heterocycles. The Morgan fingerprint density at radius 3 is 2.38 bits per heavy atom. The fourth-order valence-electron chi connectivity index (χ4n) is 2.38. The van der Waals surface area contributed by atoms with Crippen molar-refractivity contribution in [2.75, 3.05) is 24.5 Å². The topological polar surface area (TPSA) is 81.1 Å². The largest absolute Gasteiger partial charge is 0.481 e. The molecule has 2 rings (SSSR count). The summed E-state index contributed by atoms with van der Waals surface area (Å²) in [5, 5.41) is 18.4. The van der Waals surface area contributed by atoms with Crippen LogP contribution in [0.4, 0.5) is 10.5 Å². The Bertz CT molecular complexity index is 484. The van der Waals surface area contributed by atoms with Crippen LogP contribution in [-0.4, -0.2) is 52.9 Å². The van der Waals surface area contributed by atoms with Gasteiger partial charge in [-0.25, -0.2) is 4.79 Å². The van der Waals surface area contributed by atoms with Gasteiger partial charge in [0.15, 0.2) is 0 Å². The van der Waals surface area contributed by atoms with E-state index in [0.29, 0.717) is 31.6 Å². The van der Waals surface area contributed by atoms with Crippen LogP contribution in [0.2, 0.25) is 0 Å². The second-order valence-electron chi connectivity index (χ2n) is 5.13. The number of aliphatic hydroxyl groups is 1. The molecular formula is C15H20N2O4. The maximum atomic E-state index is 12.6. The van der Waals surface area contributed by atoms with Crippen LogP contribution in [0.1, 0.15) is 19.3 Å². The fraction of sp³-hybridized carbons (Fsp3) is 0.467. The van der Waals surface area contributed by atoms with E-state index in [2.05, 4.69) is 0 Å². The lowest BCUT2D eigenvalue weighted by Gasteiger charge is -2.34. The number of anilines is 1. The lowest BCUT2D eigenvalue weighted by Crippen LogP contribution is -2.48. The molecule has 1 aromatic carbocycles. The highest BCUT2D eigenvalue weighted by atomic mass is 16.4. The molecule has 0 atom stereocenters. The summed E-state index contributed by atoms with van der Waals surface area (Å²) in [6, 6.07) is 8.86. The summed E-state index contributed by atoms with van der Waals surface area (Å²) in [7, 11) is 0. The Balaban J connectivity index is 2.10. The van der Waals surface area contributed by atoms with Crippen LogP contribution in [0.5, 0.6) is 0 Å². The summed E-state index contributed by atoms with van der Waals surface area (Å²) in [5.41, 5.74) is 0.690. The average Bonchev–Trinajstić information content (AvgIpc) is 2.49. The maximum absolute atomic E-state index is 12.6. The molecule has 0 spiro atoms. The number of carbonyl (C=O) groups excluding carboxylic acids is 1. The van der Waals surface area contributed by atoms with Crippen molar-refractivity contribution < 1.29 is 19.8 Å². The molecule has 114 valence electrons. The lowest BCUT2D eigenvalue weighted by atomic mass is 10.1. The van der Waals surface area contributed by atoms with Crippen LogP contribution < -0.4 is 4.90 Å². The molecule has 1 fully saturated rings. The molecule has 0 radical (unpaired) electrons. The number of urea groups is 1. The third-order valence-electron chi connectivity index (χ3n) is 3.58. The molecule has 1 heterocycles. The third-order valence-corrected chi connectivity index (χ3v) is 3.58. The Labute approximate surface area is 123 Å². The van der Waals surface area contributed by atoms with E-state index in [1.165, 1.54) is 4.90 Å². The summed E-state index contributed by atoms with van der Waals surface area (Å²) < 4.78 is 0. The van der Waals surface area contributed by atoms with Crippen LogP contribution in [0.25, 0.3) is 0 Å². The van der Waals surface area contributed by atoms with Crippen molar-refractivity contribution in [2.24, 2.45) is 0 Å². The highest BCUT2D eigenvalue weighted by Crippen LogP contribution is 2.19. The molecule has 1 saturated heterocycles. The molecule has 0 saturated carbocycles. The number of aliphatic carboxylic acids is 1. The van der Waals surface area contributed by atoms with E-state index in [9.17, 15) is 14.7 Å². The number of hydrogen-bond donors (Lipinski definition) is 2. The minimum Gasteiger partial charge on any atom is -0.481 e. The zero-order valence-corrected chi connectivity index (χ0v) is 11.8. The van der Waals surface area contributed by atoms with Crippen molar-refractivity contribution >= 4 is 17.7 Å². The number of hydrogen-bond acceptors (Lipinski definition) is 3. The number of carboxylic acid groups (broad SMARTS) is 1. The second kappa shape index (κ2) is 7.08. The van der Waals surface area contributed by atoms with E-state index in [4.69, 9.17) is 5.11 Å². The molecule has 21 heavy (non-hydrogen) atoms. The van der Waals surface area contributed by atoms with E-state index >= 15 is 0 Å². The molecule has 6 nitrogen and oxygen atoms in total. The number of aliphatic hydroxyl groups excluding tert-OH is 1. The Kier molecular flexibility index (Phi) is 5.16. The first-order chi connectivity index (χ1) is 10.1. The number of carbonyl (C=O) groups is 2. The van der Waals surface area contributed by atoms with Gasteiger partial charge in [-0.15, -0.1) is 0 Å². The number of benzene rings is 1. The van der Waals surface area contributed by atoms with Gasteiger partial charge in [-0.3, -0.25) is 9.69 Å². The predicted octanol–water partition coefficient (Wildman–Crippen LogP) is 1.54. The van der Waals surface area contributed by atoms with Gasteiger partial charge in [0.05, 0.1) is 12.5 Å². The first-order valence-electron chi connectivity index (χ1n) is 7.09. The number of piperidine rings is 1. The van der Waals surface area contributed by atoms with Crippen LogP contribution in [0.3, 0.4) is 0 Å². The van der Waals surface area contributed by atoms with Crippen LogP contribution in [0, 0.1) is 0 Å². The zero-order valence-electron chi connectivity index (χ0n) is 11.8. The van der Waals surface area contributed by atoms with E-state index in [0.717, 1.165) is 0 Å². The van der Waals surface area contributed by atoms with E-state index in [1.54, 1.807) is 17.0 Å². The number of likely N-dealkylation sites (tertiary alicyclic amines) is 1. The van der Waals surface area contributed by atoms with Crippen molar-refractivity contribution in [3.8, 4) is 0 Å². The van der Waals surface area contributed by atoms with Gasteiger partial charge in [0, 0.05) is 25.3 Å². The standard InChI is InChI=1S/C15H20N2O4/c18-13-6-9-16(10-7-13)15(21)17(11-8-14(19)20)12-4-2-1-3-5-12/h1-5,13,18H,6-11H2,(H,19,20). The van der Waals surface area contributed by atoms with Gasteiger partial charge < -0.3 is 15.1 Å². The SMILES string of the molecule is O=C(O)CCN(C(=O)N1CCC(O)CC1)c1ccccc1. The molecule has 0 aliphatic carbocycles. The van der Waals surface area contributed by atoms with Gasteiger partial charge in [0.25, 0.3) is 0 Å². The van der Waals surface area contributed by atoms with Crippen molar-refractivity contribution in [2.45, 2.75) is 25.4 Å². The van der Waals surface area contributed by atoms with Gasteiger partial charge in [-0.05, 0) is 25.0 Å². The average molecular weight is 292 g/mol. The zero-order chi connectivity index (χ0) is 15.2. The number of carboxylic acids is 1. The highest BCUT2D eigenvalue weighted by Gasteiger charge is 2.26. The number of rotatable bonds is 4. The van der Waals surface area contributed by atoms with Crippen molar-refractivity contribution in [1.29, 1.82) is 0 Å².